The molecule has 9 heteroatoms. The highest BCUT2D eigenvalue weighted by Crippen LogP contribution is 2.36. The van der Waals surface area contributed by atoms with E-state index < -0.39 is 0 Å². The van der Waals surface area contributed by atoms with Crippen molar-refractivity contribution in [2.75, 3.05) is 17.6 Å². The second-order valence-corrected chi connectivity index (χ2v) is 9.56. The normalized spacial score (nSPS) is 15.5. The van der Waals surface area contributed by atoms with Crippen molar-refractivity contribution in [3.05, 3.63) is 84.3 Å². The van der Waals surface area contributed by atoms with E-state index >= 15 is 4.39 Å². The zero-order chi connectivity index (χ0) is 26.6. The van der Waals surface area contributed by atoms with Crippen LogP contribution in [0.4, 0.5) is 16.0 Å². The molecule has 3 N–H and O–H groups in total. The lowest BCUT2D eigenvalue weighted by Crippen LogP contribution is -2.38. The minimum absolute atomic E-state index is 0.132. The zero-order valence-corrected chi connectivity index (χ0v) is 21.5. The molecule has 1 aliphatic rings. The van der Waals surface area contributed by atoms with Crippen molar-refractivity contribution in [1.29, 1.82) is 0 Å². The average Bonchev–Trinajstić information content (AvgIpc) is 3.33. The van der Waals surface area contributed by atoms with Crippen molar-refractivity contribution in [1.82, 2.24) is 24.3 Å². The largest absolute Gasteiger partial charge is 0.382 e. The van der Waals surface area contributed by atoms with E-state index in [1.165, 1.54) is 17.7 Å². The Labute approximate surface area is 221 Å². The van der Waals surface area contributed by atoms with E-state index in [0.29, 0.717) is 52.9 Å². The summed E-state index contributed by atoms with van der Waals surface area (Å²) in [5, 5.41) is 3.22. The topological polar surface area (TPSA) is 101 Å². The number of hydrogen-bond donors (Lipinski definition) is 2. The summed E-state index contributed by atoms with van der Waals surface area (Å²) in [4.78, 5) is 27.9. The molecule has 0 spiro atoms. The first-order valence-corrected chi connectivity index (χ1v) is 13.0. The molecule has 1 atom stereocenters. The minimum Gasteiger partial charge on any atom is -0.382 e. The zero-order valence-electron chi connectivity index (χ0n) is 21.5. The summed E-state index contributed by atoms with van der Waals surface area (Å²) in [5.41, 5.74) is 9.73. The van der Waals surface area contributed by atoms with Gasteiger partial charge in [0.15, 0.2) is 0 Å². The quantitative estimate of drug-likeness (QED) is 0.309. The van der Waals surface area contributed by atoms with Crippen molar-refractivity contribution in [2.24, 2.45) is 0 Å². The lowest BCUT2D eigenvalue weighted by Gasteiger charge is -2.34. The third-order valence-electron chi connectivity index (χ3n) is 7.02. The van der Waals surface area contributed by atoms with Gasteiger partial charge in [0.05, 0.1) is 6.04 Å². The Bertz CT molecular complexity index is 1480. The molecule has 1 amide bonds. The van der Waals surface area contributed by atoms with Gasteiger partial charge in [-0.05, 0) is 55.5 Å². The number of nitrogen functional groups attached to an aromatic ring is 1. The highest BCUT2D eigenvalue weighted by atomic mass is 19.1. The molecule has 3 aromatic heterocycles. The number of imidazole rings is 1. The molecule has 1 aromatic carbocycles. The second-order valence-electron chi connectivity index (χ2n) is 9.56. The third kappa shape index (κ3) is 4.96. The predicted octanol–water partition coefficient (Wildman–Crippen LogP) is 5.32. The van der Waals surface area contributed by atoms with E-state index in [-0.39, 0.29) is 17.8 Å². The van der Waals surface area contributed by atoms with E-state index in [2.05, 4.69) is 28.8 Å². The molecule has 4 aromatic rings. The molecule has 8 nitrogen and oxygen atoms in total. The molecule has 0 radical (unpaired) electrons. The van der Waals surface area contributed by atoms with Crippen molar-refractivity contribution in [2.45, 2.75) is 51.6 Å². The molecule has 38 heavy (non-hydrogen) atoms. The monoisotopic (exact) mass is 513 g/mol. The number of rotatable bonds is 8. The summed E-state index contributed by atoms with van der Waals surface area (Å²) in [7, 11) is 0. The summed E-state index contributed by atoms with van der Waals surface area (Å²) in [6.07, 6.45) is 11.2. The van der Waals surface area contributed by atoms with Gasteiger partial charge >= 0.3 is 0 Å². The number of amides is 1. The lowest BCUT2D eigenvalue weighted by atomic mass is 10.0. The van der Waals surface area contributed by atoms with Gasteiger partial charge in [-0.2, -0.15) is 0 Å². The Morgan fingerprint density at radius 1 is 1.24 bits per heavy atom. The molecule has 0 saturated carbocycles. The number of likely N-dealkylation sites (tertiary alicyclic amines) is 1. The van der Waals surface area contributed by atoms with Crippen LogP contribution in [0.25, 0.3) is 16.8 Å². The fourth-order valence-corrected chi connectivity index (χ4v) is 5.14. The molecule has 196 valence electrons. The maximum Gasteiger partial charge on any atom is 0.246 e. The molecule has 5 rings (SSSR count). The van der Waals surface area contributed by atoms with E-state index in [0.717, 1.165) is 32.1 Å². The number of halogens is 1. The van der Waals surface area contributed by atoms with Crippen LogP contribution in [0.3, 0.4) is 0 Å². The van der Waals surface area contributed by atoms with Crippen LogP contribution in [0.5, 0.6) is 0 Å². The van der Waals surface area contributed by atoms with Crippen molar-refractivity contribution >= 4 is 23.1 Å². The number of anilines is 2. The number of carbonyl (C=O) groups excluding carboxylic acids is 1. The van der Waals surface area contributed by atoms with Gasteiger partial charge in [-0.1, -0.05) is 32.1 Å². The summed E-state index contributed by atoms with van der Waals surface area (Å²) in [6, 6.07) is 8.82. The van der Waals surface area contributed by atoms with Crippen LogP contribution in [-0.4, -0.2) is 36.7 Å². The molecular weight excluding hydrogens is 481 g/mol. The van der Waals surface area contributed by atoms with E-state index in [1.807, 2.05) is 22.6 Å². The molecule has 1 saturated heterocycles. The Morgan fingerprint density at radius 3 is 2.89 bits per heavy atom. The number of nitrogens with zero attached hydrogens (tertiary/aromatic N) is 5. The summed E-state index contributed by atoms with van der Waals surface area (Å²) < 4.78 is 17.2. The molecule has 1 fully saturated rings. The first-order valence-electron chi connectivity index (χ1n) is 13.0. The number of pyridine rings is 1. The van der Waals surface area contributed by atoms with E-state index in [4.69, 9.17) is 10.7 Å². The Hall–Kier alpha value is -4.27. The van der Waals surface area contributed by atoms with Gasteiger partial charge in [-0.15, -0.1) is 0 Å². The van der Waals surface area contributed by atoms with Crippen LogP contribution in [0.1, 0.15) is 55.6 Å². The number of nitrogens with two attached hydrogens (primary N) is 1. The molecule has 0 aliphatic carbocycles. The number of fused-ring (bicyclic) bond motifs is 1. The summed E-state index contributed by atoms with van der Waals surface area (Å²) in [6.45, 7) is 6.72. The summed E-state index contributed by atoms with van der Waals surface area (Å²) >= 11 is 0. The van der Waals surface area contributed by atoms with Gasteiger partial charge in [-0.25, -0.2) is 19.3 Å². The first kappa shape index (κ1) is 25.4. The van der Waals surface area contributed by atoms with Crippen LogP contribution >= 0.6 is 0 Å². The SMILES string of the molecule is C=CC(=O)N1CCCC[C@H]1c1nc(-c2ccc(CNc3cc(CCC)ccn3)c(F)c2)c2c(N)nccn12. The molecule has 1 aliphatic heterocycles. The molecule has 4 heterocycles. The standard InChI is InChI=1S/C29H32FN7O/c1-3-7-19-11-12-32-24(16-19)34-18-21-10-9-20(17-22(21)30)26-27-28(31)33-13-15-37(27)29(35-26)23-8-5-6-14-36(23)25(38)4-2/h4,9-13,15-17,23H,2-3,5-8,14,18H2,1H3,(H2,31,33)(H,32,34)/t23-/m0/s1. The van der Waals surface area contributed by atoms with Gasteiger partial charge in [0.2, 0.25) is 5.91 Å². The molecule has 0 unspecified atom stereocenters. The van der Waals surface area contributed by atoms with Crippen LogP contribution in [0.2, 0.25) is 0 Å². The van der Waals surface area contributed by atoms with Crippen LogP contribution < -0.4 is 11.1 Å². The first-order chi connectivity index (χ1) is 18.5. The minimum atomic E-state index is -0.356. The number of hydrogen-bond acceptors (Lipinski definition) is 6. The Kier molecular flexibility index (Phi) is 7.35. The van der Waals surface area contributed by atoms with Crippen LogP contribution in [-0.2, 0) is 17.8 Å². The van der Waals surface area contributed by atoms with Crippen molar-refractivity contribution < 1.29 is 9.18 Å². The Balaban J connectivity index is 1.47. The smallest absolute Gasteiger partial charge is 0.246 e. The van der Waals surface area contributed by atoms with Crippen molar-refractivity contribution in [3.63, 3.8) is 0 Å². The maximum atomic E-state index is 15.3. The van der Waals surface area contributed by atoms with Crippen LogP contribution in [0, 0.1) is 5.82 Å². The lowest BCUT2D eigenvalue weighted by molar-refractivity contribution is -0.129. The Morgan fingerprint density at radius 2 is 2.11 bits per heavy atom. The average molecular weight is 514 g/mol. The van der Waals surface area contributed by atoms with E-state index in [9.17, 15) is 4.79 Å². The van der Waals surface area contributed by atoms with Gasteiger partial charge in [0, 0.05) is 42.8 Å². The van der Waals surface area contributed by atoms with Gasteiger partial charge in [0.25, 0.3) is 0 Å². The molecule has 0 bridgehead atoms. The number of carbonyl (C=O) groups is 1. The predicted molar refractivity (Wildman–Crippen MR) is 147 cm³/mol. The van der Waals surface area contributed by atoms with Crippen LogP contribution in [0.15, 0.2) is 61.6 Å². The van der Waals surface area contributed by atoms with Gasteiger partial charge in [0.1, 0.15) is 34.5 Å². The second kappa shape index (κ2) is 11.0. The highest BCUT2D eigenvalue weighted by molar-refractivity contribution is 5.88. The maximum absolute atomic E-state index is 15.3. The number of piperidine rings is 1. The van der Waals surface area contributed by atoms with Gasteiger partial charge in [-0.3, -0.25) is 9.20 Å². The number of aryl methyl sites for hydroxylation is 1. The summed E-state index contributed by atoms with van der Waals surface area (Å²) in [5.74, 6) is 1.21. The number of aromatic nitrogens is 4. The molecular formula is C29H32FN7O. The highest BCUT2D eigenvalue weighted by Gasteiger charge is 2.31. The van der Waals surface area contributed by atoms with Gasteiger partial charge < -0.3 is 16.0 Å². The van der Waals surface area contributed by atoms with E-state index in [1.54, 1.807) is 29.6 Å². The fourth-order valence-electron chi connectivity index (χ4n) is 5.14. The van der Waals surface area contributed by atoms with Crippen molar-refractivity contribution in [3.8, 4) is 11.3 Å². The number of nitrogens with one attached hydrogen (secondary N) is 1. The number of benzene rings is 1. The third-order valence-corrected chi connectivity index (χ3v) is 7.02. The fraction of sp³-hybridized carbons (Fsp3) is 0.310.